The first-order valence-corrected chi connectivity index (χ1v) is 10.0. The molecule has 0 saturated carbocycles. The minimum absolute atomic E-state index is 0. The van der Waals surface area contributed by atoms with Crippen molar-refractivity contribution in [1.29, 1.82) is 0 Å². The van der Waals surface area contributed by atoms with Gasteiger partial charge in [-0.05, 0) is 63.7 Å². The molecule has 1 aromatic heterocycles. The molecule has 1 aliphatic rings. The topological polar surface area (TPSA) is 39.7 Å². The molecule has 0 radical (unpaired) electrons. The molecule has 0 aromatic carbocycles. The van der Waals surface area contributed by atoms with E-state index in [1.54, 1.807) is 11.3 Å². The van der Waals surface area contributed by atoms with Crippen LogP contribution in [0.1, 0.15) is 50.3 Å². The maximum atomic E-state index is 4.64. The number of hydrogen-bond donors (Lipinski definition) is 2. The number of rotatable bonds is 9. The summed E-state index contributed by atoms with van der Waals surface area (Å²) in [5.74, 6) is 0.942. The highest BCUT2D eigenvalue weighted by Crippen LogP contribution is 2.10. The van der Waals surface area contributed by atoms with E-state index in [1.807, 2.05) is 0 Å². The van der Waals surface area contributed by atoms with Crippen LogP contribution in [-0.4, -0.2) is 43.6 Å². The lowest BCUT2D eigenvalue weighted by Gasteiger charge is -2.26. The summed E-state index contributed by atoms with van der Waals surface area (Å²) in [4.78, 5) is 8.58. The zero-order valence-corrected chi connectivity index (χ0v) is 18.1. The predicted octanol–water partition coefficient (Wildman–Crippen LogP) is 4.08. The highest BCUT2D eigenvalue weighted by atomic mass is 127. The smallest absolute Gasteiger partial charge is 0.191 e. The Morgan fingerprint density at radius 3 is 2.71 bits per heavy atom. The molecule has 4 nitrogen and oxygen atoms in total. The van der Waals surface area contributed by atoms with E-state index in [0.717, 1.165) is 25.6 Å². The van der Waals surface area contributed by atoms with E-state index in [-0.39, 0.29) is 24.0 Å². The molecule has 0 unspecified atom stereocenters. The molecule has 1 aromatic rings. The van der Waals surface area contributed by atoms with E-state index in [2.05, 4.69) is 45.0 Å². The fourth-order valence-corrected chi connectivity index (χ4v) is 3.56. The van der Waals surface area contributed by atoms with Gasteiger partial charge in [-0.25, -0.2) is 4.99 Å². The van der Waals surface area contributed by atoms with Crippen molar-refractivity contribution in [3.63, 3.8) is 0 Å². The number of likely N-dealkylation sites (tertiary alicyclic amines) is 1. The van der Waals surface area contributed by atoms with E-state index < -0.39 is 0 Å². The SMILES string of the molecule is CCNC(=NCc1cccs1)NCCCCCN1CCCCC1.I. The number of thiophene rings is 1. The number of hydrogen-bond acceptors (Lipinski definition) is 3. The summed E-state index contributed by atoms with van der Waals surface area (Å²) in [5.41, 5.74) is 0. The van der Waals surface area contributed by atoms with Crippen LogP contribution in [0.2, 0.25) is 0 Å². The van der Waals surface area contributed by atoms with Gasteiger partial charge >= 0.3 is 0 Å². The van der Waals surface area contributed by atoms with Gasteiger partial charge in [0.05, 0.1) is 6.54 Å². The summed E-state index contributed by atoms with van der Waals surface area (Å²) in [5, 5.41) is 8.88. The lowest BCUT2D eigenvalue weighted by Crippen LogP contribution is -2.37. The number of nitrogens with zero attached hydrogens (tertiary/aromatic N) is 2. The molecule has 2 heterocycles. The molecule has 2 N–H and O–H groups in total. The third kappa shape index (κ3) is 9.22. The van der Waals surface area contributed by atoms with Gasteiger partial charge in [0.1, 0.15) is 0 Å². The van der Waals surface area contributed by atoms with Crippen molar-refractivity contribution in [2.45, 2.75) is 52.0 Å². The Morgan fingerprint density at radius 2 is 2.00 bits per heavy atom. The number of aliphatic imine (C=N–C) groups is 1. The maximum Gasteiger partial charge on any atom is 0.191 e. The standard InChI is InChI=1S/C18H32N4S.HI/c1-2-19-18(21-16-17-10-9-15-23-17)20-11-5-3-6-12-22-13-7-4-8-14-22;/h9-10,15H,2-8,11-14,16H2,1H3,(H2,19,20,21);1H. The number of guanidine groups is 1. The van der Waals surface area contributed by atoms with Crippen LogP contribution in [0.4, 0.5) is 0 Å². The summed E-state index contributed by atoms with van der Waals surface area (Å²) in [7, 11) is 0. The Morgan fingerprint density at radius 1 is 1.17 bits per heavy atom. The average Bonchev–Trinajstić information content (AvgIpc) is 3.10. The zero-order chi connectivity index (χ0) is 16.2. The molecule has 2 rings (SSSR count). The van der Waals surface area contributed by atoms with Crippen molar-refractivity contribution in [2.24, 2.45) is 4.99 Å². The Hall–Kier alpha value is -0.340. The molecule has 24 heavy (non-hydrogen) atoms. The second-order valence-electron chi connectivity index (χ2n) is 6.16. The van der Waals surface area contributed by atoms with Gasteiger partial charge < -0.3 is 15.5 Å². The van der Waals surface area contributed by atoms with Crippen molar-refractivity contribution in [1.82, 2.24) is 15.5 Å². The number of nitrogens with one attached hydrogen (secondary N) is 2. The number of piperidine rings is 1. The van der Waals surface area contributed by atoms with Gasteiger partial charge in [-0.3, -0.25) is 0 Å². The van der Waals surface area contributed by atoms with Gasteiger partial charge in [-0.2, -0.15) is 0 Å². The first kappa shape index (κ1) is 21.7. The normalized spacial score (nSPS) is 15.8. The van der Waals surface area contributed by atoms with Gasteiger partial charge in [-0.1, -0.05) is 18.9 Å². The Labute approximate surface area is 168 Å². The van der Waals surface area contributed by atoms with Gasteiger partial charge in [0.15, 0.2) is 5.96 Å². The molecule has 0 aliphatic carbocycles. The second kappa shape index (κ2) is 13.9. The summed E-state index contributed by atoms with van der Waals surface area (Å²) >= 11 is 1.76. The van der Waals surface area contributed by atoms with Crippen molar-refractivity contribution < 1.29 is 0 Å². The molecule has 0 atom stereocenters. The minimum atomic E-state index is 0. The lowest BCUT2D eigenvalue weighted by atomic mass is 10.1. The Kier molecular flexibility index (Phi) is 12.6. The monoisotopic (exact) mass is 464 g/mol. The van der Waals surface area contributed by atoms with Crippen LogP contribution in [0.15, 0.2) is 22.5 Å². The predicted molar refractivity (Wildman–Crippen MR) is 117 cm³/mol. The summed E-state index contributed by atoms with van der Waals surface area (Å²) < 4.78 is 0. The van der Waals surface area contributed by atoms with E-state index in [9.17, 15) is 0 Å². The molecule has 1 aliphatic heterocycles. The molecule has 138 valence electrons. The van der Waals surface area contributed by atoms with E-state index in [1.165, 1.54) is 63.0 Å². The van der Waals surface area contributed by atoms with Crippen LogP contribution >= 0.6 is 35.3 Å². The largest absolute Gasteiger partial charge is 0.357 e. The molecule has 6 heteroatoms. The number of unbranched alkanes of at least 4 members (excludes halogenated alkanes) is 2. The van der Waals surface area contributed by atoms with Crippen LogP contribution in [-0.2, 0) is 6.54 Å². The van der Waals surface area contributed by atoms with Crippen LogP contribution in [0.3, 0.4) is 0 Å². The van der Waals surface area contributed by atoms with Gasteiger partial charge in [0.2, 0.25) is 0 Å². The van der Waals surface area contributed by atoms with Crippen molar-refractivity contribution in [3.05, 3.63) is 22.4 Å². The van der Waals surface area contributed by atoms with Crippen LogP contribution in [0.25, 0.3) is 0 Å². The summed E-state index contributed by atoms with van der Waals surface area (Å²) in [6.07, 6.45) is 8.07. The van der Waals surface area contributed by atoms with E-state index in [0.29, 0.717) is 0 Å². The minimum Gasteiger partial charge on any atom is -0.357 e. The molecule has 0 spiro atoms. The van der Waals surface area contributed by atoms with Crippen LogP contribution in [0.5, 0.6) is 0 Å². The molecule has 1 fully saturated rings. The van der Waals surface area contributed by atoms with Crippen molar-refractivity contribution >= 4 is 41.3 Å². The molecule has 0 amide bonds. The molecule has 0 bridgehead atoms. The molecular formula is C18H33IN4S. The molecule has 1 saturated heterocycles. The van der Waals surface area contributed by atoms with E-state index in [4.69, 9.17) is 0 Å². The van der Waals surface area contributed by atoms with Crippen LogP contribution < -0.4 is 10.6 Å². The fraction of sp³-hybridized carbons (Fsp3) is 0.722. The summed E-state index contributed by atoms with van der Waals surface area (Å²) in [6.45, 7) is 8.72. The van der Waals surface area contributed by atoms with Crippen LogP contribution in [0, 0.1) is 0 Å². The zero-order valence-electron chi connectivity index (χ0n) is 14.9. The fourth-order valence-electron chi connectivity index (χ4n) is 2.93. The first-order valence-electron chi connectivity index (χ1n) is 9.15. The molecular weight excluding hydrogens is 431 g/mol. The summed E-state index contributed by atoms with van der Waals surface area (Å²) in [6, 6.07) is 4.22. The van der Waals surface area contributed by atoms with Crippen molar-refractivity contribution in [3.8, 4) is 0 Å². The average molecular weight is 464 g/mol. The third-order valence-electron chi connectivity index (χ3n) is 4.21. The lowest BCUT2D eigenvalue weighted by molar-refractivity contribution is 0.224. The van der Waals surface area contributed by atoms with E-state index >= 15 is 0 Å². The van der Waals surface area contributed by atoms with Crippen molar-refractivity contribution in [2.75, 3.05) is 32.7 Å². The Balaban J connectivity index is 0.00000288. The third-order valence-corrected chi connectivity index (χ3v) is 5.07. The van der Waals surface area contributed by atoms with Gasteiger partial charge in [0, 0.05) is 18.0 Å². The highest BCUT2D eigenvalue weighted by molar-refractivity contribution is 14.0. The maximum absolute atomic E-state index is 4.64. The number of halogens is 1. The second-order valence-corrected chi connectivity index (χ2v) is 7.20. The van der Waals surface area contributed by atoms with Gasteiger partial charge in [-0.15, -0.1) is 35.3 Å². The quantitative estimate of drug-likeness (QED) is 0.251. The Bertz CT molecular complexity index is 430. The highest BCUT2D eigenvalue weighted by Gasteiger charge is 2.08. The first-order chi connectivity index (χ1) is 11.4. The van der Waals surface area contributed by atoms with Gasteiger partial charge in [0.25, 0.3) is 0 Å².